The van der Waals surface area contributed by atoms with Gasteiger partial charge in [-0.1, -0.05) is 49.0 Å². The molecule has 0 aromatic carbocycles. The average molecular weight is 396 g/mol. The first-order chi connectivity index (χ1) is 11.4. The largest absolute Gasteiger partial charge is 0.346 e. The van der Waals surface area contributed by atoms with E-state index in [9.17, 15) is 13.0 Å². The van der Waals surface area contributed by atoms with E-state index in [-0.39, 0.29) is 6.42 Å². The maximum Gasteiger partial charge on any atom is 0.346 e. The smallest absolute Gasteiger partial charge is 0.323 e. The van der Waals surface area contributed by atoms with Crippen LogP contribution in [-0.2, 0) is 14.7 Å². The molecule has 0 aromatic heterocycles. The van der Waals surface area contributed by atoms with Crippen LogP contribution in [0.5, 0.6) is 0 Å². The van der Waals surface area contributed by atoms with Gasteiger partial charge in [0.15, 0.2) is 4.99 Å². The second kappa shape index (κ2) is 12.0. The molecule has 0 saturated heterocycles. The Balaban J connectivity index is 3.90. The van der Waals surface area contributed by atoms with E-state index in [1.54, 1.807) is 0 Å². The van der Waals surface area contributed by atoms with Gasteiger partial charge in [0, 0.05) is 0 Å². The first kappa shape index (κ1) is 24.5. The summed E-state index contributed by atoms with van der Waals surface area (Å²) in [5, 5.41) is 0. The van der Waals surface area contributed by atoms with E-state index >= 15 is 0 Å². The minimum Gasteiger partial charge on any atom is -0.323 e. The third kappa shape index (κ3) is 13.4. The quantitative estimate of drug-likeness (QED) is 0.178. The Morgan fingerprint density at radius 1 is 0.960 bits per heavy atom. The zero-order valence-electron chi connectivity index (χ0n) is 15.5. The molecule has 1 unspecified atom stereocenters. The summed E-state index contributed by atoms with van der Waals surface area (Å²) < 4.78 is 42.0. The molecule has 0 aliphatic heterocycles. The lowest BCUT2D eigenvalue weighted by atomic mass is 10.1. The lowest BCUT2D eigenvalue weighted by Gasteiger charge is -2.14. The molecule has 0 amide bonds. The van der Waals surface area contributed by atoms with Gasteiger partial charge in [0.2, 0.25) is 0 Å². The SMILES string of the molecule is CC(C)=CCCC(C)=CCCCCCCCC(P(=O)(O)O)S(=O)(=O)O. The molecule has 0 heterocycles. The summed E-state index contributed by atoms with van der Waals surface area (Å²) in [5.41, 5.74) is 2.72. The second-order valence-electron chi connectivity index (χ2n) is 6.77. The molecule has 6 nitrogen and oxygen atoms in total. The summed E-state index contributed by atoms with van der Waals surface area (Å²) >= 11 is 0. The van der Waals surface area contributed by atoms with Crippen molar-refractivity contribution in [2.75, 3.05) is 0 Å². The van der Waals surface area contributed by atoms with Gasteiger partial charge in [0.05, 0.1) is 0 Å². The minimum absolute atomic E-state index is 0.216. The Kier molecular flexibility index (Phi) is 11.8. The molecule has 0 aliphatic rings. The van der Waals surface area contributed by atoms with Gasteiger partial charge in [0.25, 0.3) is 10.1 Å². The van der Waals surface area contributed by atoms with Gasteiger partial charge in [-0.05, 0) is 52.9 Å². The summed E-state index contributed by atoms with van der Waals surface area (Å²) in [6.07, 6.45) is 11.4. The van der Waals surface area contributed by atoms with Crippen LogP contribution in [0, 0.1) is 0 Å². The molecule has 8 heteroatoms. The Morgan fingerprint density at radius 2 is 1.52 bits per heavy atom. The van der Waals surface area contributed by atoms with Crippen molar-refractivity contribution < 1.29 is 27.3 Å². The highest BCUT2D eigenvalue weighted by atomic mass is 32.2. The average Bonchev–Trinajstić information content (AvgIpc) is 2.42. The standard InChI is InChI=1S/C17H33O6PS/c1-15(2)11-10-13-16(3)12-8-6-4-5-7-9-14-17(24(18,19)20)25(21,22)23/h11-12,17H,4-10,13-14H2,1-3H3,(H2,18,19,20)(H,21,22,23). The molecule has 0 fully saturated rings. The van der Waals surface area contributed by atoms with Crippen LogP contribution in [0.25, 0.3) is 0 Å². The third-order valence-electron chi connectivity index (χ3n) is 3.96. The van der Waals surface area contributed by atoms with Gasteiger partial charge >= 0.3 is 7.60 Å². The zero-order chi connectivity index (χ0) is 19.5. The van der Waals surface area contributed by atoms with Crippen molar-refractivity contribution >= 4 is 17.7 Å². The van der Waals surface area contributed by atoms with Crippen molar-refractivity contribution in [3.8, 4) is 0 Å². The van der Waals surface area contributed by atoms with Crippen LogP contribution in [0.3, 0.4) is 0 Å². The first-order valence-corrected chi connectivity index (χ1v) is 11.9. The monoisotopic (exact) mass is 396 g/mol. The molecule has 0 spiro atoms. The lowest BCUT2D eigenvalue weighted by Crippen LogP contribution is -2.20. The Morgan fingerprint density at radius 3 is 2.04 bits per heavy atom. The summed E-state index contributed by atoms with van der Waals surface area (Å²) in [6.45, 7) is 6.32. The Hall–Kier alpha value is -0.460. The van der Waals surface area contributed by atoms with Crippen molar-refractivity contribution in [2.45, 2.75) is 83.5 Å². The number of hydrogen-bond donors (Lipinski definition) is 3. The van der Waals surface area contributed by atoms with Crippen molar-refractivity contribution in [3.05, 3.63) is 23.3 Å². The summed E-state index contributed by atoms with van der Waals surface area (Å²) in [5.74, 6) is 0. The summed E-state index contributed by atoms with van der Waals surface area (Å²) in [7, 11) is -9.56. The highest BCUT2D eigenvalue weighted by Crippen LogP contribution is 2.46. The van der Waals surface area contributed by atoms with Crippen molar-refractivity contribution in [1.82, 2.24) is 0 Å². The highest BCUT2D eigenvalue weighted by Gasteiger charge is 2.38. The van der Waals surface area contributed by atoms with Crippen LogP contribution in [0.2, 0.25) is 0 Å². The molecule has 0 saturated carbocycles. The minimum atomic E-state index is -4.84. The van der Waals surface area contributed by atoms with E-state index in [0.29, 0.717) is 12.8 Å². The fourth-order valence-electron chi connectivity index (χ4n) is 2.52. The van der Waals surface area contributed by atoms with Crippen LogP contribution in [0.1, 0.15) is 78.6 Å². The molecular weight excluding hydrogens is 363 g/mol. The van der Waals surface area contributed by atoms with E-state index in [4.69, 9.17) is 14.3 Å². The van der Waals surface area contributed by atoms with Gasteiger partial charge in [-0.25, -0.2) is 0 Å². The maximum absolute atomic E-state index is 11.1. The van der Waals surface area contributed by atoms with Crippen molar-refractivity contribution in [2.24, 2.45) is 0 Å². The van der Waals surface area contributed by atoms with E-state index in [1.165, 1.54) is 11.1 Å². The third-order valence-corrected chi connectivity index (χ3v) is 7.51. The number of unbranched alkanes of at least 4 members (excludes halogenated alkanes) is 5. The molecule has 0 rings (SSSR count). The normalized spacial score (nSPS) is 14.4. The van der Waals surface area contributed by atoms with Crippen LogP contribution in [0.4, 0.5) is 0 Å². The van der Waals surface area contributed by atoms with Crippen molar-refractivity contribution in [3.63, 3.8) is 0 Å². The van der Waals surface area contributed by atoms with Crippen molar-refractivity contribution in [1.29, 1.82) is 0 Å². The second-order valence-corrected chi connectivity index (χ2v) is 10.5. The highest BCUT2D eigenvalue weighted by molar-refractivity contribution is 7.93. The summed E-state index contributed by atoms with van der Waals surface area (Å²) in [4.78, 5) is 16.0. The van der Waals surface area contributed by atoms with E-state index < -0.39 is 22.7 Å². The predicted molar refractivity (Wildman–Crippen MR) is 102 cm³/mol. The predicted octanol–water partition coefficient (Wildman–Crippen LogP) is 4.80. The molecule has 0 aromatic rings. The van der Waals surface area contributed by atoms with Gasteiger partial charge in [0.1, 0.15) is 0 Å². The Bertz CT molecular complexity index is 584. The number of rotatable bonds is 13. The number of hydrogen-bond acceptors (Lipinski definition) is 3. The molecule has 25 heavy (non-hydrogen) atoms. The molecule has 0 bridgehead atoms. The van der Waals surface area contributed by atoms with Crippen LogP contribution >= 0.6 is 7.60 Å². The van der Waals surface area contributed by atoms with Gasteiger partial charge in [-0.2, -0.15) is 8.42 Å². The number of allylic oxidation sites excluding steroid dienone is 4. The first-order valence-electron chi connectivity index (χ1n) is 8.75. The molecule has 3 N–H and O–H groups in total. The van der Waals surface area contributed by atoms with Crippen LogP contribution in [-0.4, -0.2) is 27.7 Å². The van der Waals surface area contributed by atoms with Crippen LogP contribution in [0.15, 0.2) is 23.3 Å². The van der Waals surface area contributed by atoms with Gasteiger partial charge < -0.3 is 9.79 Å². The summed E-state index contributed by atoms with van der Waals surface area (Å²) in [6, 6.07) is 0. The topological polar surface area (TPSA) is 112 Å². The van der Waals surface area contributed by atoms with E-state index in [2.05, 4.69) is 32.9 Å². The van der Waals surface area contributed by atoms with Gasteiger partial charge in [-0.15, -0.1) is 0 Å². The molecule has 0 aliphatic carbocycles. The fourth-order valence-corrected chi connectivity index (χ4v) is 4.89. The van der Waals surface area contributed by atoms with E-state index in [0.717, 1.165) is 38.5 Å². The molecule has 148 valence electrons. The van der Waals surface area contributed by atoms with Gasteiger partial charge in [-0.3, -0.25) is 9.12 Å². The maximum atomic E-state index is 11.1. The fraction of sp³-hybridized carbons (Fsp3) is 0.765. The molecular formula is C17H33O6PS. The van der Waals surface area contributed by atoms with Crippen LogP contribution < -0.4 is 0 Å². The molecule has 1 atom stereocenters. The lowest BCUT2D eigenvalue weighted by molar-refractivity contribution is 0.359. The zero-order valence-corrected chi connectivity index (χ0v) is 17.2. The Labute approximate surface area is 152 Å². The molecule has 0 radical (unpaired) electrons. The van der Waals surface area contributed by atoms with E-state index in [1.807, 2.05) is 0 Å².